The minimum atomic E-state index is -0.483. The molecule has 1 fully saturated rings. The number of carbonyl (C=O) groups excluding carboxylic acids is 2. The second kappa shape index (κ2) is 5.65. The Morgan fingerprint density at radius 1 is 1.38 bits per heavy atom. The molecule has 16 heavy (non-hydrogen) atoms. The van der Waals surface area contributed by atoms with Gasteiger partial charge in [0.1, 0.15) is 0 Å². The number of methoxy groups -OCH3 is 1. The molecule has 0 unspecified atom stereocenters. The van der Waals surface area contributed by atoms with E-state index in [9.17, 15) is 14.7 Å². The van der Waals surface area contributed by atoms with E-state index in [2.05, 4.69) is 0 Å². The number of hydrogen-bond donors (Lipinski definition) is 1. The van der Waals surface area contributed by atoms with Gasteiger partial charge in [0.25, 0.3) is 5.91 Å². The quantitative estimate of drug-likeness (QED) is 0.568. The van der Waals surface area contributed by atoms with Crippen LogP contribution in [0.3, 0.4) is 0 Å². The first-order valence-corrected chi connectivity index (χ1v) is 5.28. The lowest BCUT2D eigenvalue weighted by atomic mass is 10.1. The maximum atomic E-state index is 11.6. The van der Waals surface area contributed by atoms with Crippen molar-refractivity contribution in [1.82, 2.24) is 4.90 Å². The van der Waals surface area contributed by atoms with E-state index < -0.39 is 11.7 Å². The van der Waals surface area contributed by atoms with Crippen LogP contribution < -0.4 is 0 Å². The fourth-order valence-electron chi connectivity index (χ4n) is 1.71. The molecule has 0 saturated carbocycles. The van der Waals surface area contributed by atoms with Gasteiger partial charge in [-0.25, -0.2) is 0 Å². The molecule has 1 saturated heterocycles. The SMILES string of the molecule is COC1CCN(C(=O)/C(O)=C/C(C)=O)CC1. The Morgan fingerprint density at radius 3 is 2.38 bits per heavy atom. The second-order valence-corrected chi connectivity index (χ2v) is 3.87. The van der Waals surface area contributed by atoms with Crippen molar-refractivity contribution in [1.29, 1.82) is 0 Å². The van der Waals surface area contributed by atoms with Gasteiger partial charge < -0.3 is 14.7 Å². The van der Waals surface area contributed by atoms with Crippen molar-refractivity contribution in [3.63, 3.8) is 0 Å². The molecule has 5 nitrogen and oxygen atoms in total. The van der Waals surface area contributed by atoms with Gasteiger partial charge in [-0.05, 0) is 19.8 Å². The highest BCUT2D eigenvalue weighted by molar-refractivity contribution is 5.99. The zero-order valence-corrected chi connectivity index (χ0v) is 9.60. The highest BCUT2D eigenvalue weighted by atomic mass is 16.5. The molecular weight excluding hydrogens is 210 g/mol. The number of piperidine rings is 1. The van der Waals surface area contributed by atoms with Crippen LogP contribution in [0, 0.1) is 0 Å². The van der Waals surface area contributed by atoms with Gasteiger partial charge in [0.15, 0.2) is 11.5 Å². The van der Waals surface area contributed by atoms with Gasteiger partial charge in [-0.3, -0.25) is 9.59 Å². The third-order valence-electron chi connectivity index (χ3n) is 2.62. The molecule has 0 aliphatic carbocycles. The molecular formula is C11H17NO4. The minimum Gasteiger partial charge on any atom is -0.503 e. The molecule has 0 aromatic rings. The maximum absolute atomic E-state index is 11.6. The molecule has 1 rings (SSSR count). The van der Waals surface area contributed by atoms with Gasteiger partial charge >= 0.3 is 0 Å². The molecule has 0 atom stereocenters. The van der Waals surface area contributed by atoms with Crippen molar-refractivity contribution >= 4 is 11.7 Å². The lowest BCUT2D eigenvalue weighted by Gasteiger charge is -2.30. The first-order chi connectivity index (χ1) is 7.54. The van der Waals surface area contributed by atoms with Crippen LogP contribution >= 0.6 is 0 Å². The summed E-state index contributed by atoms with van der Waals surface area (Å²) >= 11 is 0. The van der Waals surface area contributed by atoms with Crippen molar-refractivity contribution in [2.45, 2.75) is 25.9 Å². The van der Waals surface area contributed by atoms with E-state index in [1.807, 2.05) is 0 Å². The maximum Gasteiger partial charge on any atom is 0.288 e. The molecule has 0 aromatic carbocycles. The highest BCUT2D eigenvalue weighted by Gasteiger charge is 2.24. The number of likely N-dealkylation sites (tertiary alicyclic amines) is 1. The molecule has 0 radical (unpaired) electrons. The largest absolute Gasteiger partial charge is 0.503 e. The highest BCUT2D eigenvalue weighted by Crippen LogP contribution is 2.14. The summed E-state index contributed by atoms with van der Waals surface area (Å²) in [5, 5.41) is 9.38. The van der Waals surface area contributed by atoms with Crippen molar-refractivity contribution in [3.8, 4) is 0 Å². The van der Waals surface area contributed by atoms with Crippen LogP contribution in [0.1, 0.15) is 19.8 Å². The lowest BCUT2D eigenvalue weighted by Crippen LogP contribution is -2.41. The Bertz CT molecular complexity index is 303. The minimum absolute atomic E-state index is 0.183. The normalized spacial score (nSPS) is 18.6. The van der Waals surface area contributed by atoms with Crippen LogP contribution in [-0.4, -0.2) is 48.0 Å². The van der Waals surface area contributed by atoms with Crippen LogP contribution in [-0.2, 0) is 14.3 Å². The number of rotatable bonds is 3. The fourth-order valence-corrected chi connectivity index (χ4v) is 1.71. The number of aliphatic hydroxyl groups excluding tert-OH is 1. The molecule has 0 spiro atoms. The Hall–Kier alpha value is -1.36. The van der Waals surface area contributed by atoms with E-state index >= 15 is 0 Å². The zero-order valence-electron chi connectivity index (χ0n) is 9.60. The number of carbonyl (C=O) groups is 2. The number of ketones is 1. The van der Waals surface area contributed by atoms with Gasteiger partial charge in [0.05, 0.1) is 6.10 Å². The van der Waals surface area contributed by atoms with E-state index in [0.29, 0.717) is 13.1 Å². The van der Waals surface area contributed by atoms with E-state index in [1.54, 1.807) is 7.11 Å². The molecule has 1 N–H and O–H groups in total. The summed E-state index contributed by atoms with van der Waals surface area (Å²) in [5.41, 5.74) is 0. The Morgan fingerprint density at radius 2 is 1.94 bits per heavy atom. The Kier molecular flexibility index (Phi) is 4.49. The van der Waals surface area contributed by atoms with Gasteiger partial charge in [0, 0.05) is 26.3 Å². The number of amides is 1. The summed E-state index contributed by atoms with van der Waals surface area (Å²) in [7, 11) is 1.65. The number of aliphatic hydroxyl groups is 1. The molecule has 5 heteroatoms. The summed E-state index contributed by atoms with van der Waals surface area (Å²) in [5.74, 6) is -1.30. The summed E-state index contributed by atoms with van der Waals surface area (Å²) in [6.45, 7) is 2.39. The third-order valence-corrected chi connectivity index (χ3v) is 2.62. The number of ether oxygens (including phenoxy) is 1. The third kappa shape index (κ3) is 3.34. The van der Waals surface area contributed by atoms with Crippen LogP contribution in [0.25, 0.3) is 0 Å². The van der Waals surface area contributed by atoms with Gasteiger partial charge in [-0.15, -0.1) is 0 Å². The number of nitrogens with zero attached hydrogens (tertiary/aromatic N) is 1. The van der Waals surface area contributed by atoms with E-state index in [0.717, 1.165) is 18.9 Å². The van der Waals surface area contributed by atoms with Crippen molar-refractivity contribution in [2.24, 2.45) is 0 Å². The Labute approximate surface area is 94.7 Å². The smallest absolute Gasteiger partial charge is 0.288 e. The zero-order chi connectivity index (χ0) is 12.1. The van der Waals surface area contributed by atoms with Gasteiger partial charge in [-0.2, -0.15) is 0 Å². The molecule has 0 aromatic heterocycles. The van der Waals surface area contributed by atoms with E-state index in [1.165, 1.54) is 11.8 Å². The van der Waals surface area contributed by atoms with E-state index in [-0.39, 0.29) is 11.9 Å². The lowest BCUT2D eigenvalue weighted by molar-refractivity contribution is -0.132. The summed E-state index contributed by atoms with van der Waals surface area (Å²) in [6.07, 6.45) is 2.65. The monoisotopic (exact) mass is 227 g/mol. The van der Waals surface area contributed by atoms with Gasteiger partial charge in [-0.1, -0.05) is 0 Å². The summed E-state index contributed by atoms with van der Waals surface area (Å²) in [4.78, 5) is 23.9. The topological polar surface area (TPSA) is 66.8 Å². The van der Waals surface area contributed by atoms with Crippen molar-refractivity contribution in [3.05, 3.63) is 11.8 Å². The number of allylic oxidation sites excluding steroid dienone is 1. The average molecular weight is 227 g/mol. The van der Waals surface area contributed by atoms with Crippen LogP contribution in [0.15, 0.2) is 11.8 Å². The van der Waals surface area contributed by atoms with Crippen molar-refractivity contribution < 1.29 is 19.4 Å². The first kappa shape index (κ1) is 12.7. The molecule has 1 heterocycles. The predicted octanol–water partition coefficient (Wildman–Crippen LogP) is 0.655. The fraction of sp³-hybridized carbons (Fsp3) is 0.636. The summed E-state index contributed by atoms with van der Waals surface area (Å²) < 4.78 is 5.18. The van der Waals surface area contributed by atoms with Gasteiger partial charge in [0.2, 0.25) is 0 Å². The molecule has 1 aliphatic rings. The van der Waals surface area contributed by atoms with E-state index in [4.69, 9.17) is 4.74 Å². The molecule has 0 bridgehead atoms. The first-order valence-electron chi connectivity index (χ1n) is 5.28. The number of hydrogen-bond acceptors (Lipinski definition) is 4. The molecule has 1 amide bonds. The predicted molar refractivity (Wildman–Crippen MR) is 58.0 cm³/mol. The average Bonchev–Trinajstić information content (AvgIpc) is 2.27. The van der Waals surface area contributed by atoms with Crippen molar-refractivity contribution in [2.75, 3.05) is 20.2 Å². The standard InChI is InChI=1S/C11H17NO4/c1-8(13)7-10(14)11(15)12-5-3-9(16-2)4-6-12/h7,9,14H,3-6H2,1-2H3/b10-7-. The Balaban J connectivity index is 2.53. The van der Waals surface area contributed by atoms with Crippen LogP contribution in [0.2, 0.25) is 0 Å². The molecule has 1 aliphatic heterocycles. The van der Waals surface area contributed by atoms with Crippen LogP contribution in [0.5, 0.6) is 0 Å². The molecule has 90 valence electrons. The second-order valence-electron chi connectivity index (χ2n) is 3.87. The van der Waals surface area contributed by atoms with Crippen LogP contribution in [0.4, 0.5) is 0 Å². The summed E-state index contributed by atoms with van der Waals surface area (Å²) in [6, 6.07) is 0.